The first-order valence-electron chi connectivity index (χ1n) is 7.36. The molecule has 0 aliphatic heterocycles. The highest BCUT2D eigenvalue weighted by Crippen LogP contribution is 2.33. The zero-order valence-corrected chi connectivity index (χ0v) is 14.1. The van der Waals surface area contributed by atoms with Gasteiger partial charge in [-0.05, 0) is 48.5 Å². The van der Waals surface area contributed by atoms with Gasteiger partial charge in [0.25, 0.3) is 5.91 Å². The summed E-state index contributed by atoms with van der Waals surface area (Å²) >= 11 is 1.37. The first-order valence-corrected chi connectivity index (χ1v) is 8.18. The summed E-state index contributed by atoms with van der Waals surface area (Å²) in [6.45, 7) is 1.87. The number of imidazole rings is 1. The van der Waals surface area contributed by atoms with Crippen LogP contribution in [0.2, 0.25) is 0 Å². The van der Waals surface area contributed by atoms with Crippen molar-refractivity contribution in [3.8, 4) is 0 Å². The fraction of sp³-hybridized carbons (Fsp3) is 0.111. The Morgan fingerprint density at radius 3 is 2.75 bits per heavy atom. The van der Waals surface area contributed by atoms with Crippen LogP contribution < -0.4 is 5.32 Å². The molecule has 2 aromatic carbocycles. The van der Waals surface area contributed by atoms with Crippen molar-refractivity contribution in [2.24, 2.45) is 7.05 Å². The summed E-state index contributed by atoms with van der Waals surface area (Å²) < 4.78 is 15.5. The topological polar surface area (TPSA) is 46.9 Å². The van der Waals surface area contributed by atoms with E-state index in [0.29, 0.717) is 11.3 Å². The SMILES string of the molecule is Cc1ccccc1C(=O)Nc1cc(F)ccc1Sc1nccn1C. The first kappa shape index (κ1) is 16.3. The van der Waals surface area contributed by atoms with E-state index in [9.17, 15) is 9.18 Å². The summed E-state index contributed by atoms with van der Waals surface area (Å²) in [4.78, 5) is 17.5. The monoisotopic (exact) mass is 341 g/mol. The van der Waals surface area contributed by atoms with Gasteiger partial charge < -0.3 is 9.88 Å². The Kier molecular flexibility index (Phi) is 4.66. The van der Waals surface area contributed by atoms with Gasteiger partial charge in [0.15, 0.2) is 5.16 Å². The van der Waals surface area contributed by atoms with E-state index in [0.717, 1.165) is 15.6 Å². The Morgan fingerprint density at radius 1 is 1.25 bits per heavy atom. The standard InChI is InChI=1S/C18H16FN3OS/c1-12-5-3-4-6-14(12)17(23)21-15-11-13(19)7-8-16(15)24-18-20-9-10-22(18)2/h3-11H,1-2H3,(H,21,23). The van der Waals surface area contributed by atoms with E-state index >= 15 is 0 Å². The smallest absolute Gasteiger partial charge is 0.255 e. The number of carbonyl (C=O) groups is 1. The molecule has 6 heteroatoms. The number of hydrogen-bond acceptors (Lipinski definition) is 3. The van der Waals surface area contributed by atoms with E-state index in [1.165, 1.54) is 23.9 Å². The Labute approximate surface area is 143 Å². The van der Waals surface area contributed by atoms with Crippen LogP contribution in [0, 0.1) is 12.7 Å². The molecule has 4 nitrogen and oxygen atoms in total. The quantitative estimate of drug-likeness (QED) is 0.771. The van der Waals surface area contributed by atoms with Gasteiger partial charge in [-0.3, -0.25) is 4.79 Å². The minimum Gasteiger partial charge on any atom is -0.329 e. The minimum atomic E-state index is -0.403. The maximum atomic E-state index is 13.7. The van der Waals surface area contributed by atoms with Gasteiger partial charge in [0.2, 0.25) is 0 Å². The van der Waals surface area contributed by atoms with E-state index in [2.05, 4.69) is 10.3 Å². The van der Waals surface area contributed by atoms with Gasteiger partial charge in [-0.15, -0.1) is 0 Å². The number of rotatable bonds is 4. The van der Waals surface area contributed by atoms with Crippen molar-refractivity contribution >= 4 is 23.4 Å². The number of hydrogen-bond donors (Lipinski definition) is 1. The van der Waals surface area contributed by atoms with E-state index < -0.39 is 5.82 Å². The number of halogens is 1. The molecule has 1 aromatic heterocycles. The van der Waals surface area contributed by atoms with Crippen molar-refractivity contribution in [3.63, 3.8) is 0 Å². The maximum absolute atomic E-state index is 13.7. The van der Waals surface area contributed by atoms with Crippen LogP contribution in [0.5, 0.6) is 0 Å². The lowest BCUT2D eigenvalue weighted by molar-refractivity contribution is 0.102. The molecule has 1 heterocycles. The molecule has 1 amide bonds. The molecular formula is C18H16FN3OS. The Hall–Kier alpha value is -2.60. The molecule has 3 aromatic rings. The fourth-order valence-electron chi connectivity index (χ4n) is 2.25. The van der Waals surface area contributed by atoms with Gasteiger partial charge in [-0.1, -0.05) is 18.2 Å². The van der Waals surface area contributed by atoms with Gasteiger partial charge in [0.05, 0.1) is 5.69 Å². The molecule has 0 atom stereocenters. The largest absolute Gasteiger partial charge is 0.329 e. The Bertz CT molecular complexity index is 891. The summed E-state index contributed by atoms with van der Waals surface area (Å²) in [6, 6.07) is 11.6. The summed E-state index contributed by atoms with van der Waals surface area (Å²) in [5.74, 6) is -0.667. The van der Waals surface area contributed by atoms with Gasteiger partial charge >= 0.3 is 0 Å². The van der Waals surface area contributed by atoms with Crippen LogP contribution in [0.1, 0.15) is 15.9 Å². The third-order valence-electron chi connectivity index (χ3n) is 3.56. The second kappa shape index (κ2) is 6.88. The van der Waals surface area contributed by atoms with Crippen molar-refractivity contribution in [2.75, 3.05) is 5.32 Å². The summed E-state index contributed by atoms with van der Waals surface area (Å²) in [5.41, 5.74) is 1.86. The molecule has 0 radical (unpaired) electrons. The van der Waals surface area contributed by atoms with E-state index in [1.54, 1.807) is 24.4 Å². The average Bonchev–Trinajstić information content (AvgIpc) is 2.95. The number of nitrogens with one attached hydrogen (secondary N) is 1. The summed E-state index contributed by atoms with van der Waals surface area (Å²) in [7, 11) is 1.88. The van der Waals surface area contributed by atoms with Crippen LogP contribution in [0.25, 0.3) is 0 Å². The molecule has 0 aliphatic rings. The zero-order chi connectivity index (χ0) is 17.1. The van der Waals surface area contributed by atoms with Crippen molar-refractivity contribution in [1.29, 1.82) is 0 Å². The lowest BCUT2D eigenvalue weighted by Gasteiger charge is -2.12. The summed E-state index contributed by atoms with van der Waals surface area (Å²) in [5, 5.41) is 3.56. The van der Waals surface area contributed by atoms with Crippen LogP contribution >= 0.6 is 11.8 Å². The second-order valence-corrected chi connectivity index (χ2v) is 6.34. The number of amides is 1. The molecule has 24 heavy (non-hydrogen) atoms. The number of benzene rings is 2. The third-order valence-corrected chi connectivity index (χ3v) is 4.71. The van der Waals surface area contributed by atoms with Crippen molar-refractivity contribution in [3.05, 3.63) is 71.8 Å². The van der Waals surface area contributed by atoms with Gasteiger partial charge in [-0.25, -0.2) is 9.37 Å². The molecule has 1 N–H and O–H groups in total. The normalized spacial score (nSPS) is 10.6. The van der Waals surface area contributed by atoms with E-state index in [-0.39, 0.29) is 5.91 Å². The van der Waals surface area contributed by atoms with Crippen LogP contribution in [0.3, 0.4) is 0 Å². The molecule has 0 spiro atoms. The Morgan fingerprint density at radius 2 is 2.04 bits per heavy atom. The number of aromatic nitrogens is 2. The van der Waals surface area contributed by atoms with E-state index in [1.807, 2.05) is 36.9 Å². The number of anilines is 1. The third kappa shape index (κ3) is 3.49. The number of aryl methyl sites for hydroxylation is 2. The number of carbonyl (C=O) groups excluding carboxylic acids is 1. The summed E-state index contributed by atoms with van der Waals surface area (Å²) in [6.07, 6.45) is 3.52. The van der Waals surface area contributed by atoms with Crippen LogP contribution in [0.15, 0.2) is 64.9 Å². The highest BCUT2D eigenvalue weighted by Gasteiger charge is 2.14. The lowest BCUT2D eigenvalue weighted by atomic mass is 10.1. The minimum absolute atomic E-state index is 0.264. The maximum Gasteiger partial charge on any atom is 0.255 e. The van der Waals surface area contributed by atoms with Crippen LogP contribution in [-0.4, -0.2) is 15.5 Å². The molecule has 0 aliphatic carbocycles. The van der Waals surface area contributed by atoms with Crippen LogP contribution in [0.4, 0.5) is 10.1 Å². The first-order chi connectivity index (χ1) is 11.5. The van der Waals surface area contributed by atoms with E-state index in [4.69, 9.17) is 0 Å². The average molecular weight is 341 g/mol. The molecule has 122 valence electrons. The number of nitrogens with zero attached hydrogens (tertiary/aromatic N) is 2. The van der Waals surface area contributed by atoms with Gasteiger partial charge in [0, 0.05) is 29.9 Å². The fourth-order valence-corrected chi connectivity index (χ4v) is 3.13. The Balaban J connectivity index is 1.90. The predicted molar refractivity (Wildman–Crippen MR) is 92.9 cm³/mol. The zero-order valence-electron chi connectivity index (χ0n) is 13.3. The second-order valence-electron chi connectivity index (χ2n) is 5.33. The molecule has 0 unspecified atom stereocenters. The highest BCUT2D eigenvalue weighted by atomic mass is 32.2. The van der Waals surface area contributed by atoms with Gasteiger partial charge in [-0.2, -0.15) is 0 Å². The van der Waals surface area contributed by atoms with Crippen LogP contribution in [-0.2, 0) is 7.05 Å². The molecule has 0 fully saturated rings. The lowest BCUT2D eigenvalue weighted by Crippen LogP contribution is -2.14. The van der Waals surface area contributed by atoms with Crippen molar-refractivity contribution in [2.45, 2.75) is 17.0 Å². The molecule has 0 saturated carbocycles. The van der Waals surface area contributed by atoms with Gasteiger partial charge in [0.1, 0.15) is 5.82 Å². The van der Waals surface area contributed by atoms with Crippen molar-refractivity contribution < 1.29 is 9.18 Å². The molecule has 3 rings (SSSR count). The molecule has 0 saturated heterocycles. The molecule has 0 bridgehead atoms. The highest BCUT2D eigenvalue weighted by molar-refractivity contribution is 7.99. The molecular weight excluding hydrogens is 325 g/mol. The van der Waals surface area contributed by atoms with Crippen molar-refractivity contribution in [1.82, 2.24) is 9.55 Å². The predicted octanol–water partition coefficient (Wildman–Crippen LogP) is 4.27.